The second-order valence-electron chi connectivity index (χ2n) is 6.69. The lowest BCUT2D eigenvalue weighted by atomic mass is 10.2. The van der Waals surface area contributed by atoms with Crippen LogP contribution in [0.5, 0.6) is 0 Å². The van der Waals surface area contributed by atoms with Crippen LogP contribution < -0.4 is 0 Å². The van der Waals surface area contributed by atoms with Crippen molar-refractivity contribution in [3.63, 3.8) is 0 Å². The molecule has 0 saturated carbocycles. The van der Waals surface area contributed by atoms with Gasteiger partial charge in [0.1, 0.15) is 0 Å². The minimum atomic E-state index is -0.0514. The van der Waals surface area contributed by atoms with Crippen molar-refractivity contribution in [3.8, 4) is 11.4 Å². The fourth-order valence-corrected chi connectivity index (χ4v) is 3.77. The van der Waals surface area contributed by atoms with Gasteiger partial charge in [0.05, 0.1) is 10.3 Å². The Morgan fingerprint density at radius 2 is 2.00 bits per heavy atom. The van der Waals surface area contributed by atoms with E-state index < -0.39 is 0 Å². The quantitative estimate of drug-likeness (QED) is 0.355. The molecule has 2 aromatic heterocycles. The molecular formula is C19H24ClN5O2S. The van der Waals surface area contributed by atoms with Crippen LogP contribution in [-0.4, -0.2) is 38.6 Å². The van der Waals surface area contributed by atoms with Crippen molar-refractivity contribution in [2.24, 2.45) is 0 Å². The molecule has 2 heterocycles. The molecule has 0 saturated heterocycles. The third-order valence-corrected chi connectivity index (χ3v) is 5.56. The summed E-state index contributed by atoms with van der Waals surface area (Å²) in [6, 6.07) is 7.64. The van der Waals surface area contributed by atoms with Gasteiger partial charge in [-0.05, 0) is 25.5 Å². The van der Waals surface area contributed by atoms with E-state index in [1.807, 2.05) is 45.0 Å². The molecule has 3 aromatic rings. The van der Waals surface area contributed by atoms with E-state index in [4.69, 9.17) is 20.9 Å². The number of hydrogen-bond acceptors (Lipinski definition) is 7. The second kappa shape index (κ2) is 9.54. The third-order valence-electron chi connectivity index (χ3n) is 4.17. The van der Waals surface area contributed by atoms with Crippen LogP contribution >= 0.6 is 23.4 Å². The first-order chi connectivity index (χ1) is 13.5. The number of hydrogen-bond donors (Lipinski definition) is 0. The number of ether oxygens (including phenoxy) is 1. The van der Waals surface area contributed by atoms with E-state index in [1.165, 1.54) is 11.8 Å². The summed E-state index contributed by atoms with van der Waals surface area (Å²) < 4.78 is 12.7. The molecule has 7 nitrogen and oxygen atoms in total. The average molecular weight is 422 g/mol. The number of aromatic nitrogens is 5. The maximum atomic E-state index is 6.39. The predicted molar refractivity (Wildman–Crippen MR) is 110 cm³/mol. The Labute approximate surface area is 173 Å². The minimum Gasteiger partial charge on any atom is -0.385 e. The molecule has 0 amide bonds. The van der Waals surface area contributed by atoms with Gasteiger partial charge in [-0.15, -0.1) is 10.2 Å². The van der Waals surface area contributed by atoms with Crippen molar-refractivity contribution in [3.05, 3.63) is 41.0 Å². The number of thioether (sulfide) groups is 1. The maximum absolute atomic E-state index is 6.39. The fraction of sp³-hybridized carbons (Fsp3) is 0.474. The Kier molecular flexibility index (Phi) is 7.09. The van der Waals surface area contributed by atoms with E-state index in [0.29, 0.717) is 23.3 Å². The van der Waals surface area contributed by atoms with Crippen molar-refractivity contribution < 1.29 is 9.26 Å². The summed E-state index contributed by atoms with van der Waals surface area (Å²) in [5.41, 5.74) is 0.855. The van der Waals surface area contributed by atoms with E-state index in [1.54, 1.807) is 7.11 Å². The predicted octanol–water partition coefficient (Wildman–Crippen LogP) is 4.99. The highest BCUT2D eigenvalue weighted by Crippen LogP contribution is 2.36. The van der Waals surface area contributed by atoms with Crippen LogP contribution in [0.4, 0.5) is 0 Å². The zero-order chi connectivity index (χ0) is 20.1. The highest BCUT2D eigenvalue weighted by Gasteiger charge is 2.22. The number of halogens is 1. The van der Waals surface area contributed by atoms with Crippen LogP contribution in [0.1, 0.15) is 50.1 Å². The normalized spacial score (nSPS) is 12.6. The molecule has 0 bridgehead atoms. The zero-order valence-electron chi connectivity index (χ0n) is 16.4. The van der Waals surface area contributed by atoms with Gasteiger partial charge in [0, 0.05) is 31.7 Å². The van der Waals surface area contributed by atoms with Gasteiger partial charge in [-0.3, -0.25) is 0 Å². The Hall–Kier alpha value is -1.90. The van der Waals surface area contributed by atoms with Gasteiger partial charge in [-0.1, -0.05) is 54.5 Å². The summed E-state index contributed by atoms with van der Waals surface area (Å²) in [6.07, 6.45) is 0.839. The number of benzene rings is 1. The molecule has 1 atom stereocenters. The molecule has 150 valence electrons. The Bertz CT molecular complexity index is 911. The van der Waals surface area contributed by atoms with Gasteiger partial charge in [-0.25, -0.2) is 0 Å². The van der Waals surface area contributed by atoms with Crippen LogP contribution in [0, 0.1) is 0 Å². The van der Waals surface area contributed by atoms with Crippen LogP contribution in [0.25, 0.3) is 11.4 Å². The standard InChI is InChI=1S/C19H24ClN5O2S/c1-12(2)16-21-18(27-24-16)13(3)28-19-23-22-17(25(19)10-7-11-26-4)14-8-5-6-9-15(14)20/h5-6,8-9,12-13H,7,10-11H2,1-4H3. The van der Waals surface area contributed by atoms with Crippen molar-refractivity contribution in [2.45, 2.75) is 50.1 Å². The molecule has 1 aromatic carbocycles. The minimum absolute atomic E-state index is 0.0514. The van der Waals surface area contributed by atoms with Crippen molar-refractivity contribution in [2.75, 3.05) is 13.7 Å². The number of methoxy groups -OCH3 is 1. The van der Waals surface area contributed by atoms with E-state index in [9.17, 15) is 0 Å². The molecule has 0 fully saturated rings. The van der Waals surface area contributed by atoms with E-state index in [-0.39, 0.29) is 11.2 Å². The molecule has 0 radical (unpaired) electrons. The van der Waals surface area contributed by atoms with Crippen LogP contribution in [0.2, 0.25) is 5.02 Å². The third kappa shape index (κ3) is 4.74. The Morgan fingerprint density at radius 1 is 1.21 bits per heavy atom. The van der Waals surface area contributed by atoms with Crippen LogP contribution in [0.15, 0.2) is 33.9 Å². The highest BCUT2D eigenvalue weighted by molar-refractivity contribution is 7.99. The summed E-state index contributed by atoms with van der Waals surface area (Å²) in [5, 5.41) is 14.2. The van der Waals surface area contributed by atoms with Crippen LogP contribution in [0.3, 0.4) is 0 Å². The van der Waals surface area contributed by atoms with Gasteiger partial charge in [0.2, 0.25) is 5.89 Å². The lowest BCUT2D eigenvalue weighted by molar-refractivity contribution is 0.189. The lowest BCUT2D eigenvalue weighted by Gasteiger charge is -2.12. The van der Waals surface area contributed by atoms with E-state index in [2.05, 4.69) is 24.9 Å². The summed E-state index contributed by atoms with van der Waals surface area (Å²) >= 11 is 7.93. The first-order valence-electron chi connectivity index (χ1n) is 9.18. The molecule has 0 N–H and O–H groups in total. The summed E-state index contributed by atoms with van der Waals surface area (Å²) in [4.78, 5) is 4.49. The first kappa shape index (κ1) is 20.8. The van der Waals surface area contributed by atoms with E-state index in [0.717, 1.165) is 29.5 Å². The Morgan fingerprint density at radius 3 is 2.68 bits per heavy atom. The van der Waals surface area contributed by atoms with Gasteiger partial charge >= 0.3 is 0 Å². The summed E-state index contributed by atoms with van der Waals surface area (Å²) in [7, 11) is 1.70. The van der Waals surface area contributed by atoms with Crippen molar-refractivity contribution >= 4 is 23.4 Å². The molecule has 9 heteroatoms. The topological polar surface area (TPSA) is 78.9 Å². The monoisotopic (exact) mass is 421 g/mol. The highest BCUT2D eigenvalue weighted by atomic mass is 35.5. The number of rotatable bonds is 9. The molecule has 0 aliphatic heterocycles. The Balaban J connectivity index is 1.88. The lowest BCUT2D eigenvalue weighted by Crippen LogP contribution is -2.06. The molecule has 0 spiro atoms. The van der Waals surface area contributed by atoms with Gasteiger partial charge in [-0.2, -0.15) is 4.98 Å². The smallest absolute Gasteiger partial charge is 0.239 e. The molecule has 1 unspecified atom stereocenters. The molecular weight excluding hydrogens is 398 g/mol. The van der Waals surface area contributed by atoms with Crippen LogP contribution in [-0.2, 0) is 11.3 Å². The maximum Gasteiger partial charge on any atom is 0.239 e. The van der Waals surface area contributed by atoms with Crippen molar-refractivity contribution in [1.29, 1.82) is 0 Å². The second-order valence-corrected chi connectivity index (χ2v) is 8.40. The molecule has 0 aliphatic rings. The number of nitrogens with zero attached hydrogens (tertiary/aromatic N) is 5. The SMILES string of the molecule is COCCCn1c(SC(C)c2nc(C(C)C)no2)nnc1-c1ccccc1Cl. The molecule has 3 rings (SSSR count). The van der Waals surface area contributed by atoms with Crippen molar-refractivity contribution in [1.82, 2.24) is 24.9 Å². The largest absolute Gasteiger partial charge is 0.385 e. The first-order valence-corrected chi connectivity index (χ1v) is 10.4. The molecule has 28 heavy (non-hydrogen) atoms. The molecule has 0 aliphatic carbocycles. The average Bonchev–Trinajstić information content (AvgIpc) is 3.31. The van der Waals surface area contributed by atoms with Gasteiger partial charge in [0.25, 0.3) is 0 Å². The zero-order valence-corrected chi connectivity index (χ0v) is 18.0. The summed E-state index contributed by atoms with van der Waals surface area (Å²) in [6.45, 7) is 7.47. The van der Waals surface area contributed by atoms with E-state index >= 15 is 0 Å². The fourth-order valence-electron chi connectivity index (χ4n) is 2.64. The van der Waals surface area contributed by atoms with Gasteiger partial charge in [0.15, 0.2) is 16.8 Å². The summed E-state index contributed by atoms with van der Waals surface area (Å²) in [5.74, 6) is 2.25. The van der Waals surface area contributed by atoms with Gasteiger partial charge < -0.3 is 13.8 Å².